The van der Waals surface area contributed by atoms with Crippen molar-refractivity contribution in [1.29, 1.82) is 0 Å². The Hall–Kier alpha value is -3.55. The van der Waals surface area contributed by atoms with Crippen molar-refractivity contribution in [2.24, 2.45) is 0 Å². The second-order valence-corrected chi connectivity index (χ2v) is 5.49. The standard InChI is InChI=1S/C17H12N4O4/c1-10-13(14-18-7-4-8-21(14)19-10)17(24)25-9-20-15(22)11-5-2-3-6-12(11)16(20)23/h2-8H,9H2,1H3. The highest BCUT2D eigenvalue weighted by Crippen LogP contribution is 2.22. The highest BCUT2D eigenvalue weighted by Gasteiger charge is 2.36. The maximum Gasteiger partial charge on any atom is 0.345 e. The van der Waals surface area contributed by atoms with Gasteiger partial charge in [-0.2, -0.15) is 5.10 Å². The zero-order chi connectivity index (χ0) is 17.6. The highest BCUT2D eigenvalue weighted by atomic mass is 16.5. The molecule has 0 aliphatic carbocycles. The summed E-state index contributed by atoms with van der Waals surface area (Å²) in [5.74, 6) is -1.66. The average molecular weight is 336 g/mol. The number of aryl methyl sites for hydroxylation is 1. The van der Waals surface area contributed by atoms with Crippen LogP contribution in [0.2, 0.25) is 0 Å². The second kappa shape index (κ2) is 5.52. The molecule has 3 heterocycles. The summed E-state index contributed by atoms with van der Waals surface area (Å²) >= 11 is 0. The summed E-state index contributed by atoms with van der Waals surface area (Å²) in [4.78, 5) is 42.0. The highest BCUT2D eigenvalue weighted by molar-refractivity contribution is 6.21. The molecule has 0 unspecified atom stereocenters. The van der Waals surface area contributed by atoms with Crippen LogP contribution in [0, 0.1) is 6.92 Å². The number of esters is 1. The van der Waals surface area contributed by atoms with Gasteiger partial charge in [-0.25, -0.2) is 19.2 Å². The van der Waals surface area contributed by atoms with Crippen molar-refractivity contribution in [3.05, 3.63) is 65.1 Å². The van der Waals surface area contributed by atoms with Crippen LogP contribution in [0.1, 0.15) is 36.8 Å². The molecule has 0 bridgehead atoms. The zero-order valence-electron chi connectivity index (χ0n) is 13.2. The van der Waals surface area contributed by atoms with Crippen molar-refractivity contribution in [1.82, 2.24) is 19.5 Å². The molecule has 1 aromatic carbocycles. The third kappa shape index (κ3) is 2.26. The van der Waals surface area contributed by atoms with Gasteiger partial charge in [-0.3, -0.25) is 9.59 Å². The average Bonchev–Trinajstić information content (AvgIpc) is 3.08. The predicted molar refractivity (Wildman–Crippen MR) is 84.9 cm³/mol. The van der Waals surface area contributed by atoms with Crippen LogP contribution in [0.4, 0.5) is 0 Å². The Morgan fingerprint density at radius 3 is 2.48 bits per heavy atom. The van der Waals surface area contributed by atoms with E-state index in [2.05, 4.69) is 10.1 Å². The van der Waals surface area contributed by atoms with Gasteiger partial charge in [0, 0.05) is 12.4 Å². The van der Waals surface area contributed by atoms with E-state index in [-0.39, 0.29) is 5.56 Å². The molecular formula is C17H12N4O4. The van der Waals surface area contributed by atoms with Gasteiger partial charge >= 0.3 is 5.97 Å². The minimum atomic E-state index is -0.692. The van der Waals surface area contributed by atoms with Crippen molar-refractivity contribution in [3.63, 3.8) is 0 Å². The molecule has 0 saturated heterocycles. The predicted octanol–water partition coefficient (Wildman–Crippen LogP) is 1.45. The summed E-state index contributed by atoms with van der Waals surface area (Å²) in [5, 5.41) is 4.18. The van der Waals surface area contributed by atoms with E-state index in [0.717, 1.165) is 4.90 Å². The fourth-order valence-corrected chi connectivity index (χ4v) is 2.79. The molecule has 0 saturated carbocycles. The van der Waals surface area contributed by atoms with E-state index in [1.165, 1.54) is 10.7 Å². The van der Waals surface area contributed by atoms with Crippen molar-refractivity contribution in [3.8, 4) is 0 Å². The van der Waals surface area contributed by atoms with Crippen LogP contribution in [-0.4, -0.2) is 44.0 Å². The molecule has 25 heavy (non-hydrogen) atoms. The van der Waals surface area contributed by atoms with E-state index in [4.69, 9.17) is 4.74 Å². The Kier molecular flexibility index (Phi) is 3.31. The van der Waals surface area contributed by atoms with Crippen molar-refractivity contribution >= 4 is 23.4 Å². The molecule has 0 spiro atoms. The van der Waals surface area contributed by atoms with Crippen LogP contribution in [-0.2, 0) is 4.74 Å². The lowest BCUT2D eigenvalue weighted by molar-refractivity contribution is 0.0229. The molecule has 8 heteroatoms. The number of rotatable bonds is 3. The van der Waals surface area contributed by atoms with Gasteiger partial charge in [0.2, 0.25) is 0 Å². The van der Waals surface area contributed by atoms with Gasteiger partial charge in [-0.05, 0) is 25.1 Å². The monoisotopic (exact) mass is 336 g/mol. The third-order valence-electron chi connectivity index (χ3n) is 3.98. The van der Waals surface area contributed by atoms with Crippen LogP contribution >= 0.6 is 0 Å². The third-order valence-corrected chi connectivity index (χ3v) is 3.98. The lowest BCUT2D eigenvalue weighted by Gasteiger charge is -2.13. The molecule has 2 amide bonds. The van der Waals surface area contributed by atoms with E-state index in [1.54, 1.807) is 43.5 Å². The number of carbonyl (C=O) groups is 3. The minimum absolute atomic E-state index is 0.206. The summed E-state index contributed by atoms with van der Waals surface area (Å²) in [7, 11) is 0. The Balaban J connectivity index is 1.56. The molecule has 3 aromatic rings. The number of aromatic nitrogens is 3. The molecule has 0 radical (unpaired) electrons. The number of fused-ring (bicyclic) bond motifs is 2. The van der Waals surface area contributed by atoms with Gasteiger partial charge in [-0.1, -0.05) is 12.1 Å². The first-order valence-corrected chi connectivity index (χ1v) is 7.50. The summed E-state index contributed by atoms with van der Waals surface area (Å²) in [6.07, 6.45) is 3.20. The molecule has 0 fully saturated rings. The summed E-state index contributed by atoms with van der Waals surface area (Å²) < 4.78 is 6.65. The van der Waals surface area contributed by atoms with Crippen LogP contribution < -0.4 is 0 Å². The largest absolute Gasteiger partial charge is 0.440 e. The van der Waals surface area contributed by atoms with Gasteiger partial charge in [0.1, 0.15) is 5.56 Å². The van der Waals surface area contributed by atoms with Gasteiger partial charge in [-0.15, -0.1) is 0 Å². The van der Waals surface area contributed by atoms with Crippen molar-refractivity contribution in [2.45, 2.75) is 6.92 Å². The normalized spacial score (nSPS) is 13.4. The number of carbonyl (C=O) groups excluding carboxylic acids is 3. The topological polar surface area (TPSA) is 93.9 Å². The Labute approximate surface area is 141 Å². The molecule has 2 aromatic heterocycles. The van der Waals surface area contributed by atoms with E-state index in [0.29, 0.717) is 22.5 Å². The Morgan fingerprint density at radius 1 is 1.12 bits per heavy atom. The maximum absolute atomic E-state index is 12.4. The van der Waals surface area contributed by atoms with Crippen LogP contribution in [0.3, 0.4) is 0 Å². The number of ether oxygens (including phenoxy) is 1. The number of imide groups is 1. The lowest BCUT2D eigenvalue weighted by Crippen LogP contribution is -2.33. The summed E-state index contributed by atoms with van der Waals surface area (Å²) in [6, 6.07) is 8.17. The maximum atomic E-state index is 12.4. The van der Waals surface area contributed by atoms with E-state index < -0.39 is 24.5 Å². The Bertz CT molecular complexity index is 1010. The first kappa shape index (κ1) is 15.0. The SMILES string of the molecule is Cc1nn2cccnc2c1C(=O)OCN1C(=O)c2ccccc2C1=O. The molecule has 0 N–H and O–H groups in total. The minimum Gasteiger partial charge on any atom is -0.440 e. The van der Waals surface area contributed by atoms with Crippen molar-refractivity contribution in [2.75, 3.05) is 6.73 Å². The summed E-state index contributed by atoms with van der Waals surface area (Å²) in [6.45, 7) is 1.20. The van der Waals surface area contributed by atoms with Crippen molar-refractivity contribution < 1.29 is 19.1 Å². The molecular weight excluding hydrogens is 324 g/mol. The quantitative estimate of drug-likeness (QED) is 0.531. The number of amides is 2. The van der Waals surface area contributed by atoms with Crippen LogP contribution in [0.5, 0.6) is 0 Å². The van der Waals surface area contributed by atoms with Crippen LogP contribution in [0.15, 0.2) is 42.7 Å². The van der Waals surface area contributed by atoms with E-state index >= 15 is 0 Å². The molecule has 0 atom stereocenters. The molecule has 1 aliphatic rings. The van der Waals surface area contributed by atoms with Gasteiger partial charge in [0.15, 0.2) is 12.4 Å². The fraction of sp³-hybridized carbons (Fsp3) is 0.118. The second-order valence-electron chi connectivity index (χ2n) is 5.49. The molecule has 124 valence electrons. The summed E-state index contributed by atoms with van der Waals surface area (Å²) in [5.41, 5.74) is 1.62. The van der Waals surface area contributed by atoms with E-state index in [9.17, 15) is 14.4 Å². The number of hydrogen-bond acceptors (Lipinski definition) is 6. The first-order valence-electron chi connectivity index (χ1n) is 7.50. The fourth-order valence-electron chi connectivity index (χ4n) is 2.79. The van der Waals surface area contributed by atoms with Gasteiger partial charge in [0.25, 0.3) is 11.8 Å². The Morgan fingerprint density at radius 2 is 1.80 bits per heavy atom. The first-order chi connectivity index (χ1) is 12.1. The molecule has 4 rings (SSSR count). The zero-order valence-corrected chi connectivity index (χ0v) is 13.2. The number of nitrogens with zero attached hydrogens (tertiary/aromatic N) is 4. The van der Waals surface area contributed by atoms with E-state index in [1.807, 2.05) is 0 Å². The number of benzene rings is 1. The van der Waals surface area contributed by atoms with Gasteiger partial charge in [0.05, 0.1) is 16.8 Å². The van der Waals surface area contributed by atoms with Gasteiger partial charge < -0.3 is 4.74 Å². The lowest BCUT2D eigenvalue weighted by atomic mass is 10.1. The molecule has 8 nitrogen and oxygen atoms in total. The smallest absolute Gasteiger partial charge is 0.345 e. The molecule has 1 aliphatic heterocycles. The van der Waals surface area contributed by atoms with Crippen LogP contribution in [0.25, 0.3) is 5.65 Å². The number of hydrogen-bond donors (Lipinski definition) is 0.